The zero-order valence-corrected chi connectivity index (χ0v) is 15.0. The summed E-state index contributed by atoms with van der Waals surface area (Å²) >= 11 is 0. The first-order valence-electron chi connectivity index (χ1n) is 9.56. The molecule has 3 heterocycles. The Morgan fingerprint density at radius 3 is 2.68 bits per heavy atom. The highest BCUT2D eigenvalue weighted by atomic mass is 16.6. The number of likely N-dealkylation sites (tertiary alicyclic amines) is 1. The van der Waals surface area contributed by atoms with Crippen LogP contribution in [0.15, 0.2) is 24.4 Å². The highest BCUT2D eigenvalue weighted by Gasteiger charge is 2.71. The van der Waals surface area contributed by atoms with Gasteiger partial charge in [0.05, 0.1) is 12.3 Å². The minimum atomic E-state index is -0.459. The van der Waals surface area contributed by atoms with Gasteiger partial charge >= 0.3 is 6.09 Å². The first-order valence-corrected chi connectivity index (χ1v) is 9.56. The Hall–Kier alpha value is -1.66. The van der Waals surface area contributed by atoms with Crippen LogP contribution < -0.4 is 5.32 Å². The average Bonchev–Trinajstić information content (AvgIpc) is 3.14. The number of nitrogens with zero attached hydrogens (tertiary/aromatic N) is 3. The molecular formula is C19H28N4O2. The van der Waals surface area contributed by atoms with Crippen LogP contribution in [0.1, 0.15) is 38.3 Å². The van der Waals surface area contributed by atoms with Crippen LogP contribution in [-0.2, 0) is 10.4 Å². The smallest absolute Gasteiger partial charge is 0.411 e. The Balaban J connectivity index is 1.83. The minimum absolute atomic E-state index is 0.103. The van der Waals surface area contributed by atoms with E-state index in [0.29, 0.717) is 6.61 Å². The van der Waals surface area contributed by atoms with Gasteiger partial charge in [-0.25, -0.2) is 4.79 Å². The second-order valence-corrected chi connectivity index (χ2v) is 7.40. The second kappa shape index (κ2) is 6.57. The molecule has 1 N–H and O–H groups in total. The van der Waals surface area contributed by atoms with E-state index < -0.39 is 5.66 Å². The van der Waals surface area contributed by atoms with Crippen LogP contribution >= 0.6 is 0 Å². The molecule has 1 aliphatic carbocycles. The topological polar surface area (TPSA) is 57.7 Å². The Morgan fingerprint density at radius 1 is 1.28 bits per heavy atom. The summed E-state index contributed by atoms with van der Waals surface area (Å²) in [4.78, 5) is 22.0. The second-order valence-electron chi connectivity index (χ2n) is 7.40. The predicted molar refractivity (Wildman–Crippen MR) is 95.0 cm³/mol. The maximum absolute atomic E-state index is 12.8. The minimum Gasteiger partial charge on any atom is -0.450 e. The lowest BCUT2D eigenvalue weighted by Gasteiger charge is -2.68. The number of carbonyl (C=O) groups is 1. The van der Waals surface area contributed by atoms with Crippen LogP contribution in [0.25, 0.3) is 0 Å². The van der Waals surface area contributed by atoms with E-state index in [1.165, 1.54) is 12.8 Å². The number of hydrogen-bond acceptors (Lipinski definition) is 5. The van der Waals surface area contributed by atoms with Gasteiger partial charge in [-0.15, -0.1) is 0 Å². The van der Waals surface area contributed by atoms with Gasteiger partial charge in [0.2, 0.25) is 0 Å². The van der Waals surface area contributed by atoms with Gasteiger partial charge in [0.1, 0.15) is 5.66 Å². The molecule has 1 atom stereocenters. The van der Waals surface area contributed by atoms with Crippen molar-refractivity contribution in [3.05, 3.63) is 30.1 Å². The number of hydrogen-bond donors (Lipinski definition) is 1. The van der Waals surface area contributed by atoms with Gasteiger partial charge in [-0.3, -0.25) is 14.8 Å². The average molecular weight is 344 g/mol. The molecule has 1 spiro atoms. The molecule has 0 radical (unpaired) electrons. The molecule has 0 aromatic carbocycles. The lowest BCUT2D eigenvalue weighted by Crippen LogP contribution is -2.80. The van der Waals surface area contributed by atoms with E-state index in [1.807, 2.05) is 30.2 Å². The molecule has 6 heteroatoms. The molecule has 3 aliphatic rings. The van der Waals surface area contributed by atoms with Gasteiger partial charge in [-0.05, 0) is 31.9 Å². The summed E-state index contributed by atoms with van der Waals surface area (Å²) in [5, 5.41) is 3.44. The molecule has 3 fully saturated rings. The molecule has 6 nitrogen and oxygen atoms in total. The maximum Gasteiger partial charge on any atom is 0.411 e. The van der Waals surface area contributed by atoms with Crippen molar-refractivity contribution in [2.24, 2.45) is 5.41 Å². The standard InChI is InChI=1S/C19H28N4O2/c1-2-25-17(24)23-15-18(8-4-5-9-18)19(23,16-7-3-6-10-21-16)22-13-11-20-12-14-22/h3,6-7,10,20H,2,4-5,8-9,11-15H2,1H3. The summed E-state index contributed by atoms with van der Waals surface area (Å²) in [6.07, 6.45) is 6.43. The fraction of sp³-hybridized carbons (Fsp3) is 0.684. The lowest BCUT2D eigenvalue weighted by molar-refractivity contribution is -0.238. The van der Waals surface area contributed by atoms with E-state index in [4.69, 9.17) is 9.72 Å². The van der Waals surface area contributed by atoms with Gasteiger partial charge in [0.25, 0.3) is 0 Å². The summed E-state index contributed by atoms with van der Waals surface area (Å²) in [5.74, 6) is 0. The molecule has 1 amide bonds. The number of ether oxygens (including phenoxy) is 1. The van der Waals surface area contributed by atoms with Crippen molar-refractivity contribution in [2.75, 3.05) is 39.3 Å². The molecular weight excluding hydrogens is 316 g/mol. The Morgan fingerprint density at radius 2 is 2.04 bits per heavy atom. The first-order chi connectivity index (χ1) is 12.2. The van der Waals surface area contributed by atoms with E-state index in [-0.39, 0.29) is 11.5 Å². The van der Waals surface area contributed by atoms with E-state index in [1.54, 1.807) is 0 Å². The SMILES string of the molecule is CCOC(=O)N1CC2(CCCC2)C1(c1ccccn1)N1CCNCC1. The Bertz CT molecular complexity index is 611. The van der Waals surface area contributed by atoms with Crippen LogP contribution in [0.3, 0.4) is 0 Å². The monoisotopic (exact) mass is 344 g/mol. The van der Waals surface area contributed by atoms with E-state index in [9.17, 15) is 4.79 Å². The third-order valence-electron chi connectivity index (χ3n) is 6.24. The number of amides is 1. The first kappa shape index (κ1) is 16.8. The highest BCUT2D eigenvalue weighted by molar-refractivity contribution is 5.71. The van der Waals surface area contributed by atoms with Crippen LogP contribution in [-0.4, -0.2) is 60.2 Å². The number of piperazine rings is 1. The van der Waals surface area contributed by atoms with Gasteiger partial charge in [0, 0.05) is 44.3 Å². The largest absolute Gasteiger partial charge is 0.450 e. The molecule has 2 aliphatic heterocycles. The van der Waals surface area contributed by atoms with Crippen molar-refractivity contribution in [3.63, 3.8) is 0 Å². The van der Waals surface area contributed by atoms with Crippen LogP contribution in [0.2, 0.25) is 0 Å². The summed E-state index contributed by atoms with van der Waals surface area (Å²) in [6, 6.07) is 6.08. The number of rotatable bonds is 3. The number of carbonyl (C=O) groups excluding carboxylic acids is 1. The molecule has 25 heavy (non-hydrogen) atoms. The summed E-state index contributed by atoms with van der Waals surface area (Å²) in [6.45, 7) is 6.80. The van der Waals surface area contributed by atoms with E-state index >= 15 is 0 Å². The van der Waals surface area contributed by atoms with E-state index in [0.717, 1.165) is 51.3 Å². The molecule has 4 rings (SSSR count). The molecule has 1 aromatic heterocycles. The van der Waals surface area contributed by atoms with Crippen LogP contribution in [0, 0.1) is 5.41 Å². The summed E-state index contributed by atoms with van der Waals surface area (Å²) < 4.78 is 5.43. The molecule has 1 saturated carbocycles. The predicted octanol–water partition coefficient (Wildman–Crippen LogP) is 2.17. The van der Waals surface area contributed by atoms with Crippen molar-refractivity contribution < 1.29 is 9.53 Å². The van der Waals surface area contributed by atoms with Crippen LogP contribution in [0.5, 0.6) is 0 Å². The molecule has 1 aromatic rings. The van der Waals surface area contributed by atoms with E-state index in [2.05, 4.69) is 16.3 Å². The van der Waals surface area contributed by atoms with Gasteiger partial charge in [0.15, 0.2) is 0 Å². The zero-order valence-electron chi connectivity index (χ0n) is 15.0. The van der Waals surface area contributed by atoms with Crippen molar-refractivity contribution in [1.29, 1.82) is 0 Å². The lowest BCUT2D eigenvalue weighted by atomic mass is 9.62. The Kier molecular flexibility index (Phi) is 4.41. The fourth-order valence-corrected chi connectivity index (χ4v) is 5.31. The Labute approximate surface area is 149 Å². The van der Waals surface area contributed by atoms with Gasteiger partial charge in [-0.1, -0.05) is 18.9 Å². The highest BCUT2D eigenvalue weighted by Crippen LogP contribution is 2.63. The molecule has 2 saturated heterocycles. The molecule has 0 bridgehead atoms. The van der Waals surface area contributed by atoms with Crippen molar-refractivity contribution in [1.82, 2.24) is 20.1 Å². The molecule has 136 valence electrons. The maximum atomic E-state index is 12.8. The van der Waals surface area contributed by atoms with Gasteiger partial charge < -0.3 is 10.1 Å². The van der Waals surface area contributed by atoms with Crippen molar-refractivity contribution in [2.45, 2.75) is 38.3 Å². The quantitative estimate of drug-likeness (QED) is 0.911. The van der Waals surface area contributed by atoms with Gasteiger partial charge in [-0.2, -0.15) is 0 Å². The fourth-order valence-electron chi connectivity index (χ4n) is 5.31. The van der Waals surface area contributed by atoms with Crippen LogP contribution in [0.4, 0.5) is 4.79 Å². The third kappa shape index (κ3) is 2.38. The number of nitrogens with one attached hydrogen (secondary N) is 1. The van der Waals surface area contributed by atoms with Crippen molar-refractivity contribution in [3.8, 4) is 0 Å². The summed E-state index contributed by atoms with van der Waals surface area (Å²) in [7, 11) is 0. The normalized spacial score (nSPS) is 28.8. The van der Waals surface area contributed by atoms with Crippen molar-refractivity contribution >= 4 is 6.09 Å². The number of pyridine rings is 1. The third-order valence-corrected chi connectivity index (χ3v) is 6.24. The zero-order chi connectivity index (χ0) is 17.3. The number of aromatic nitrogens is 1. The summed E-state index contributed by atoms with van der Waals surface area (Å²) in [5.41, 5.74) is 0.642. The molecule has 1 unspecified atom stereocenters.